The van der Waals surface area contributed by atoms with Gasteiger partial charge in [0.1, 0.15) is 12.5 Å². The summed E-state index contributed by atoms with van der Waals surface area (Å²) in [7, 11) is 0. The fraction of sp³-hybridized carbons (Fsp3) is 0.462. The van der Waals surface area contributed by atoms with Gasteiger partial charge in [0.05, 0.1) is 23.8 Å². The fourth-order valence-corrected chi connectivity index (χ4v) is 2.58. The van der Waals surface area contributed by atoms with Gasteiger partial charge in [-0.15, -0.1) is 0 Å². The third-order valence-corrected chi connectivity index (χ3v) is 3.71. The first-order valence-corrected chi connectivity index (χ1v) is 6.69. The maximum absolute atomic E-state index is 12.4. The van der Waals surface area contributed by atoms with Crippen molar-refractivity contribution < 1.29 is 4.39 Å². The van der Waals surface area contributed by atoms with Crippen LogP contribution in [0.4, 0.5) is 15.9 Å². The van der Waals surface area contributed by atoms with E-state index in [0.29, 0.717) is 11.7 Å². The van der Waals surface area contributed by atoms with Crippen LogP contribution >= 0.6 is 0 Å². The number of nitrogens with zero attached hydrogens (tertiary/aromatic N) is 4. The summed E-state index contributed by atoms with van der Waals surface area (Å²) < 4.78 is 12.4. The van der Waals surface area contributed by atoms with Gasteiger partial charge in [-0.05, 0) is 12.8 Å². The van der Waals surface area contributed by atoms with E-state index in [-0.39, 0.29) is 5.82 Å². The van der Waals surface area contributed by atoms with Gasteiger partial charge >= 0.3 is 0 Å². The Morgan fingerprint density at radius 3 is 2.55 bits per heavy atom. The van der Waals surface area contributed by atoms with Gasteiger partial charge in [-0.2, -0.15) is 5.10 Å². The summed E-state index contributed by atoms with van der Waals surface area (Å²) >= 11 is 0. The van der Waals surface area contributed by atoms with E-state index < -0.39 is 6.67 Å². The minimum absolute atomic E-state index is 0.232. The second kappa shape index (κ2) is 5.44. The van der Waals surface area contributed by atoms with Gasteiger partial charge < -0.3 is 10.6 Å². The minimum atomic E-state index is -0.622. The van der Waals surface area contributed by atoms with Crippen molar-refractivity contribution >= 4 is 11.5 Å². The molecule has 0 aromatic carbocycles. The van der Waals surface area contributed by atoms with Crippen LogP contribution in [0.1, 0.15) is 30.3 Å². The quantitative estimate of drug-likeness (QED) is 0.890. The van der Waals surface area contributed by atoms with Crippen LogP contribution < -0.4 is 10.6 Å². The number of aromatic nitrogens is 4. The normalized spacial score (nSPS) is 16.6. The molecule has 106 valence electrons. The van der Waals surface area contributed by atoms with E-state index in [0.717, 1.165) is 37.3 Å². The molecule has 2 aromatic heterocycles. The number of halogens is 1. The number of alkyl halides is 1. The number of hydrogen-bond donors (Lipinski definition) is 2. The van der Waals surface area contributed by atoms with Gasteiger partial charge in [0.2, 0.25) is 0 Å². The lowest BCUT2D eigenvalue weighted by Crippen LogP contribution is -2.33. The Balaban J connectivity index is 1.63. The van der Waals surface area contributed by atoms with Crippen LogP contribution in [-0.4, -0.2) is 33.3 Å². The largest absolute Gasteiger partial charge is 0.384 e. The van der Waals surface area contributed by atoms with Gasteiger partial charge in [0.15, 0.2) is 5.82 Å². The molecule has 0 amide bonds. The number of rotatable bonds is 3. The van der Waals surface area contributed by atoms with Crippen LogP contribution in [0, 0.1) is 0 Å². The van der Waals surface area contributed by atoms with Crippen molar-refractivity contribution in [3.63, 3.8) is 0 Å². The van der Waals surface area contributed by atoms with Crippen LogP contribution in [0.25, 0.3) is 0 Å². The molecule has 20 heavy (non-hydrogen) atoms. The number of hydrogen-bond acceptors (Lipinski definition) is 5. The van der Waals surface area contributed by atoms with E-state index >= 15 is 0 Å². The topological polar surface area (TPSA) is 83.7 Å². The van der Waals surface area contributed by atoms with Crippen molar-refractivity contribution in [2.24, 2.45) is 0 Å². The molecule has 1 fully saturated rings. The Kier molecular flexibility index (Phi) is 3.49. The molecule has 1 aliphatic heterocycles. The van der Waals surface area contributed by atoms with Crippen molar-refractivity contribution in [1.29, 1.82) is 0 Å². The van der Waals surface area contributed by atoms with E-state index in [1.54, 1.807) is 12.4 Å². The minimum Gasteiger partial charge on any atom is -0.384 e. The Hall–Kier alpha value is -2.18. The highest BCUT2D eigenvalue weighted by Gasteiger charge is 2.22. The standard InChI is InChI=1S/C13H17FN6/c14-6-13-16-7-10(8-17-13)20-3-1-9(2-4-20)11-5-12(15)19-18-11/h5,7-9H,1-4,6H2,(H3,15,18,19). The first-order valence-electron chi connectivity index (χ1n) is 6.69. The van der Waals surface area contributed by atoms with E-state index in [2.05, 4.69) is 25.1 Å². The van der Waals surface area contributed by atoms with Crippen LogP contribution in [0.3, 0.4) is 0 Å². The molecule has 3 rings (SSSR count). The Morgan fingerprint density at radius 1 is 1.30 bits per heavy atom. The second-order valence-corrected chi connectivity index (χ2v) is 5.00. The number of H-pyrrole nitrogens is 1. The van der Waals surface area contributed by atoms with Gasteiger partial charge in [-0.3, -0.25) is 5.10 Å². The van der Waals surface area contributed by atoms with E-state index in [1.165, 1.54) is 0 Å². The molecule has 0 spiro atoms. The molecule has 0 unspecified atom stereocenters. The number of nitrogens with two attached hydrogens (primary N) is 1. The van der Waals surface area contributed by atoms with Crippen molar-refractivity contribution in [2.45, 2.75) is 25.4 Å². The molecule has 0 radical (unpaired) electrons. The Labute approximate surface area is 116 Å². The Morgan fingerprint density at radius 2 is 2.00 bits per heavy atom. The summed E-state index contributed by atoms with van der Waals surface area (Å²) in [6, 6.07) is 1.90. The maximum atomic E-state index is 12.4. The Bertz CT molecular complexity index is 558. The third-order valence-electron chi connectivity index (χ3n) is 3.71. The third kappa shape index (κ3) is 2.56. The first-order chi connectivity index (χ1) is 9.76. The number of piperidine rings is 1. The zero-order valence-corrected chi connectivity index (χ0v) is 11.1. The molecule has 7 heteroatoms. The molecule has 0 atom stereocenters. The number of aromatic amines is 1. The lowest BCUT2D eigenvalue weighted by molar-refractivity contribution is 0.464. The van der Waals surface area contributed by atoms with Crippen LogP contribution in [0.15, 0.2) is 18.5 Å². The van der Waals surface area contributed by atoms with Crippen LogP contribution in [0.5, 0.6) is 0 Å². The highest BCUT2D eigenvalue weighted by atomic mass is 19.1. The first kappa shape index (κ1) is 12.8. The van der Waals surface area contributed by atoms with Gasteiger partial charge in [-0.1, -0.05) is 0 Å². The van der Waals surface area contributed by atoms with Gasteiger partial charge in [0.25, 0.3) is 0 Å². The molecule has 3 heterocycles. The predicted molar refractivity (Wildman–Crippen MR) is 74.0 cm³/mol. The molecule has 0 aliphatic carbocycles. The average molecular weight is 276 g/mol. The monoisotopic (exact) mass is 276 g/mol. The van der Waals surface area contributed by atoms with E-state index in [1.807, 2.05) is 6.07 Å². The summed E-state index contributed by atoms with van der Waals surface area (Å²) in [5.74, 6) is 1.28. The lowest BCUT2D eigenvalue weighted by Gasteiger charge is -2.32. The fourth-order valence-electron chi connectivity index (χ4n) is 2.58. The molecule has 1 aliphatic rings. The van der Waals surface area contributed by atoms with Gasteiger partial charge in [0, 0.05) is 25.1 Å². The highest BCUT2D eigenvalue weighted by molar-refractivity contribution is 5.43. The van der Waals surface area contributed by atoms with E-state index in [4.69, 9.17) is 5.73 Å². The molecule has 0 bridgehead atoms. The summed E-state index contributed by atoms with van der Waals surface area (Å²) in [5, 5.41) is 7.01. The maximum Gasteiger partial charge on any atom is 0.159 e. The van der Waals surface area contributed by atoms with Crippen molar-refractivity contribution in [3.05, 3.63) is 30.0 Å². The predicted octanol–water partition coefficient (Wildman–Crippen LogP) is 1.64. The number of nitrogens with one attached hydrogen (secondary N) is 1. The lowest BCUT2D eigenvalue weighted by atomic mass is 9.93. The smallest absolute Gasteiger partial charge is 0.159 e. The highest BCUT2D eigenvalue weighted by Crippen LogP contribution is 2.29. The molecule has 3 N–H and O–H groups in total. The molecule has 2 aromatic rings. The number of anilines is 2. The van der Waals surface area contributed by atoms with Crippen LogP contribution in [0.2, 0.25) is 0 Å². The zero-order chi connectivity index (χ0) is 13.9. The zero-order valence-electron chi connectivity index (χ0n) is 11.1. The van der Waals surface area contributed by atoms with Crippen LogP contribution in [-0.2, 0) is 6.67 Å². The molecular weight excluding hydrogens is 259 g/mol. The summed E-state index contributed by atoms with van der Waals surface area (Å²) in [6.45, 7) is 1.20. The summed E-state index contributed by atoms with van der Waals surface area (Å²) in [5.41, 5.74) is 7.64. The second-order valence-electron chi connectivity index (χ2n) is 5.00. The molecular formula is C13H17FN6. The van der Waals surface area contributed by atoms with Crippen molar-refractivity contribution in [1.82, 2.24) is 20.2 Å². The van der Waals surface area contributed by atoms with Gasteiger partial charge in [-0.25, -0.2) is 14.4 Å². The average Bonchev–Trinajstić information content (AvgIpc) is 2.94. The number of nitrogen functional groups attached to an aromatic ring is 1. The summed E-state index contributed by atoms with van der Waals surface area (Å²) in [6.07, 6.45) is 5.40. The van der Waals surface area contributed by atoms with E-state index in [9.17, 15) is 4.39 Å². The van der Waals surface area contributed by atoms with Crippen molar-refractivity contribution in [3.8, 4) is 0 Å². The molecule has 1 saturated heterocycles. The molecule has 6 nitrogen and oxygen atoms in total. The molecule has 0 saturated carbocycles. The summed E-state index contributed by atoms with van der Waals surface area (Å²) in [4.78, 5) is 10.2. The SMILES string of the molecule is Nc1cc(C2CCN(c3cnc(CF)nc3)CC2)n[nH]1. The van der Waals surface area contributed by atoms with Crippen molar-refractivity contribution in [2.75, 3.05) is 23.7 Å².